The van der Waals surface area contributed by atoms with E-state index in [0.29, 0.717) is 17.8 Å². The van der Waals surface area contributed by atoms with E-state index in [2.05, 4.69) is 20.6 Å². The normalized spacial score (nSPS) is 15.7. The van der Waals surface area contributed by atoms with E-state index < -0.39 is 12.7 Å². The molecule has 0 bridgehead atoms. The molecule has 0 spiro atoms. The third-order valence-corrected chi connectivity index (χ3v) is 2.71. The van der Waals surface area contributed by atoms with Crippen LogP contribution in [0.5, 0.6) is 0 Å². The molecule has 1 aliphatic rings. The smallest absolute Gasteiger partial charge is 0.354 e. The molecule has 1 saturated carbocycles. The monoisotopic (exact) mass is 403 g/mol. The standard InChI is InChI=1S/C11H16F3N5.HI/c1-15-10(18-8-2-3-8)17-6-9-16-4-5-19(9)7-11(12,13)14;/h4-5,8H,2-3,6-7H2,1H3,(H2,15,17,18);1H. The first-order valence-electron chi connectivity index (χ1n) is 6.02. The molecule has 1 aliphatic carbocycles. The van der Waals surface area contributed by atoms with E-state index in [-0.39, 0.29) is 30.5 Å². The van der Waals surface area contributed by atoms with Gasteiger partial charge in [-0.3, -0.25) is 4.99 Å². The Morgan fingerprint density at radius 3 is 2.75 bits per heavy atom. The van der Waals surface area contributed by atoms with Gasteiger partial charge in [-0.25, -0.2) is 4.98 Å². The van der Waals surface area contributed by atoms with Crippen molar-refractivity contribution in [1.82, 2.24) is 20.2 Å². The number of halogens is 4. The van der Waals surface area contributed by atoms with Gasteiger partial charge in [-0.05, 0) is 12.8 Å². The van der Waals surface area contributed by atoms with Crippen LogP contribution in [-0.2, 0) is 13.1 Å². The number of hydrogen-bond donors (Lipinski definition) is 2. The molecule has 1 aromatic rings. The van der Waals surface area contributed by atoms with E-state index in [9.17, 15) is 13.2 Å². The predicted molar refractivity (Wildman–Crippen MR) is 80.1 cm³/mol. The first-order chi connectivity index (χ1) is 8.98. The molecule has 0 radical (unpaired) electrons. The van der Waals surface area contributed by atoms with Crippen LogP contribution in [0.1, 0.15) is 18.7 Å². The van der Waals surface area contributed by atoms with Crippen LogP contribution in [0.15, 0.2) is 17.4 Å². The summed E-state index contributed by atoms with van der Waals surface area (Å²) in [7, 11) is 1.62. The van der Waals surface area contributed by atoms with Crippen LogP contribution in [0.3, 0.4) is 0 Å². The number of imidazole rings is 1. The van der Waals surface area contributed by atoms with Crippen molar-refractivity contribution in [1.29, 1.82) is 0 Å². The minimum atomic E-state index is -4.25. The summed E-state index contributed by atoms with van der Waals surface area (Å²) in [5.41, 5.74) is 0. The summed E-state index contributed by atoms with van der Waals surface area (Å²) in [6.07, 6.45) is 0.637. The summed E-state index contributed by atoms with van der Waals surface area (Å²) in [5, 5.41) is 6.11. The van der Waals surface area contributed by atoms with Gasteiger partial charge in [0.05, 0.1) is 6.54 Å². The number of hydrogen-bond acceptors (Lipinski definition) is 2. The zero-order chi connectivity index (χ0) is 13.9. The fourth-order valence-corrected chi connectivity index (χ4v) is 1.62. The maximum atomic E-state index is 12.3. The maximum Gasteiger partial charge on any atom is 0.406 e. The molecule has 5 nitrogen and oxygen atoms in total. The highest BCUT2D eigenvalue weighted by Gasteiger charge is 2.28. The maximum absolute atomic E-state index is 12.3. The van der Waals surface area contributed by atoms with Crippen molar-refractivity contribution in [3.63, 3.8) is 0 Å². The molecule has 0 amide bonds. The van der Waals surface area contributed by atoms with Crippen LogP contribution >= 0.6 is 24.0 Å². The molecule has 0 atom stereocenters. The molecule has 2 rings (SSSR count). The molecule has 1 heterocycles. The largest absolute Gasteiger partial charge is 0.406 e. The van der Waals surface area contributed by atoms with Gasteiger partial charge in [-0.1, -0.05) is 0 Å². The third-order valence-electron chi connectivity index (χ3n) is 2.71. The molecule has 1 aromatic heterocycles. The molecule has 1 fully saturated rings. The lowest BCUT2D eigenvalue weighted by Crippen LogP contribution is -2.38. The summed E-state index contributed by atoms with van der Waals surface area (Å²) in [6.45, 7) is -0.825. The molecule has 20 heavy (non-hydrogen) atoms. The highest BCUT2D eigenvalue weighted by Crippen LogP contribution is 2.19. The molecular formula is C11H17F3IN5. The summed E-state index contributed by atoms with van der Waals surface area (Å²) >= 11 is 0. The number of aromatic nitrogens is 2. The van der Waals surface area contributed by atoms with Crippen LogP contribution < -0.4 is 10.6 Å². The van der Waals surface area contributed by atoms with E-state index in [4.69, 9.17) is 0 Å². The topological polar surface area (TPSA) is 54.2 Å². The van der Waals surface area contributed by atoms with Crippen LogP contribution in [0.25, 0.3) is 0 Å². The molecular weight excluding hydrogens is 386 g/mol. The number of alkyl halides is 3. The SMILES string of the molecule is CN=C(NCc1nccn1CC(F)(F)F)NC1CC1.I. The van der Waals surface area contributed by atoms with Crippen LogP contribution in [0.2, 0.25) is 0 Å². The van der Waals surface area contributed by atoms with Gasteiger partial charge < -0.3 is 15.2 Å². The Kier molecular flexibility index (Phi) is 6.08. The lowest BCUT2D eigenvalue weighted by Gasteiger charge is -2.13. The minimum absolute atomic E-state index is 0. The first kappa shape index (κ1) is 17.1. The molecule has 114 valence electrons. The fourth-order valence-electron chi connectivity index (χ4n) is 1.62. The summed E-state index contributed by atoms with van der Waals surface area (Å²) < 4.78 is 38.1. The van der Waals surface area contributed by atoms with Crippen LogP contribution in [0.4, 0.5) is 13.2 Å². The van der Waals surface area contributed by atoms with Gasteiger partial charge >= 0.3 is 6.18 Å². The van der Waals surface area contributed by atoms with Crippen molar-refractivity contribution in [2.75, 3.05) is 7.05 Å². The van der Waals surface area contributed by atoms with Crippen molar-refractivity contribution in [3.8, 4) is 0 Å². The van der Waals surface area contributed by atoms with Crippen molar-refractivity contribution in [3.05, 3.63) is 18.2 Å². The summed E-state index contributed by atoms with van der Waals surface area (Å²) in [5.74, 6) is 0.917. The van der Waals surface area contributed by atoms with Gasteiger partial charge in [0, 0.05) is 25.5 Å². The first-order valence-corrected chi connectivity index (χ1v) is 6.02. The molecule has 0 saturated heterocycles. The summed E-state index contributed by atoms with van der Waals surface area (Å²) in [6, 6.07) is 0.432. The number of guanidine groups is 1. The average molecular weight is 403 g/mol. The highest BCUT2D eigenvalue weighted by molar-refractivity contribution is 14.0. The van der Waals surface area contributed by atoms with E-state index in [1.807, 2.05) is 0 Å². The quantitative estimate of drug-likeness (QED) is 0.459. The van der Waals surface area contributed by atoms with Gasteiger partial charge in [0.15, 0.2) is 5.96 Å². The Morgan fingerprint density at radius 2 is 2.20 bits per heavy atom. The van der Waals surface area contributed by atoms with Crippen molar-refractivity contribution in [2.45, 2.75) is 38.1 Å². The van der Waals surface area contributed by atoms with Crippen molar-refractivity contribution >= 4 is 29.9 Å². The minimum Gasteiger partial charge on any atom is -0.354 e. The Morgan fingerprint density at radius 1 is 1.50 bits per heavy atom. The second-order valence-electron chi connectivity index (χ2n) is 4.43. The predicted octanol–water partition coefficient (Wildman–Crippen LogP) is 1.89. The van der Waals surface area contributed by atoms with Gasteiger partial charge in [0.2, 0.25) is 0 Å². The molecule has 0 aliphatic heterocycles. The fraction of sp³-hybridized carbons (Fsp3) is 0.636. The lowest BCUT2D eigenvalue weighted by molar-refractivity contribution is -0.141. The molecule has 9 heteroatoms. The van der Waals surface area contributed by atoms with Crippen LogP contribution in [-0.4, -0.2) is 34.8 Å². The van der Waals surface area contributed by atoms with Gasteiger partial charge in [0.1, 0.15) is 12.4 Å². The second-order valence-corrected chi connectivity index (χ2v) is 4.43. The lowest BCUT2D eigenvalue weighted by atomic mass is 10.5. The van der Waals surface area contributed by atoms with Gasteiger partial charge in [-0.2, -0.15) is 13.2 Å². The zero-order valence-corrected chi connectivity index (χ0v) is 13.3. The van der Waals surface area contributed by atoms with Crippen molar-refractivity contribution in [2.24, 2.45) is 4.99 Å². The molecule has 2 N–H and O–H groups in total. The van der Waals surface area contributed by atoms with E-state index in [1.54, 1.807) is 7.05 Å². The highest BCUT2D eigenvalue weighted by atomic mass is 127. The van der Waals surface area contributed by atoms with E-state index in [0.717, 1.165) is 17.4 Å². The Labute approximate surface area is 132 Å². The van der Waals surface area contributed by atoms with Crippen LogP contribution in [0, 0.1) is 0 Å². The Balaban J connectivity index is 0.00000200. The van der Waals surface area contributed by atoms with E-state index in [1.165, 1.54) is 12.4 Å². The average Bonchev–Trinajstić information content (AvgIpc) is 3.04. The van der Waals surface area contributed by atoms with E-state index >= 15 is 0 Å². The summed E-state index contributed by atoms with van der Waals surface area (Å²) in [4.78, 5) is 7.93. The molecule has 0 unspecified atom stereocenters. The molecule has 0 aromatic carbocycles. The van der Waals surface area contributed by atoms with Crippen molar-refractivity contribution < 1.29 is 13.2 Å². The Bertz CT molecular complexity index is 453. The third kappa shape index (κ3) is 5.55. The van der Waals surface area contributed by atoms with Gasteiger partial charge in [-0.15, -0.1) is 24.0 Å². The number of rotatable bonds is 4. The second kappa shape index (κ2) is 7.14. The number of nitrogens with one attached hydrogen (secondary N) is 2. The Hall–Kier alpha value is -1.00. The zero-order valence-electron chi connectivity index (χ0n) is 10.9. The van der Waals surface area contributed by atoms with Gasteiger partial charge in [0.25, 0.3) is 0 Å². The number of nitrogens with zero attached hydrogens (tertiary/aromatic N) is 3. The number of aliphatic imine (C=N–C) groups is 1.